The Kier molecular flexibility index (Phi) is 4.59. The monoisotopic (exact) mass is 404 g/mol. The zero-order valence-corrected chi connectivity index (χ0v) is 15.6. The summed E-state index contributed by atoms with van der Waals surface area (Å²) >= 11 is 3.47. The van der Waals surface area contributed by atoms with E-state index >= 15 is 0 Å². The lowest BCUT2D eigenvalue weighted by Crippen LogP contribution is -2.30. The Hall–Kier alpha value is -2.85. The average molecular weight is 405 g/mol. The molecule has 1 heterocycles. The molecule has 0 aromatic heterocycles. The van der Waals surface area contributed by atoms with Crippen LogP contribution in [0.4, 0.5) is 11.4 Å². The summed E-state index contributed by atoms with van der Waals surface area (Å²) in [6.45, 7) is 0. The van der Waals surface area contributed by atoms with Crippen molar-refractivity contribution in [1.82, 2.24) is 0 Å². The highest BCUT2D eigenvalue weighted by atomic mass is 79.9. The highest BCUT2D eigenvalue weighted by molar-refractivity contribution is 9.10. The topological polar surface area (TPSA) is 32.3 Å². The first-order valence-electron chi connectivity index (χ1n) is 8.40. The van der Waals surface area contributed by atoms with Crippen LogP contribution in [0.2, 0.25) is 0 Å². The number of para-hydroxylation sites is 2. The minimum atomic E-state index is -0.149. The largest absolute Gasteiger partial charge is 0.351 e. The van der Waals surface area contributed by atoms with Gasteiger partial charge in [0.2, 0.25) is 0 Å². The molecule has 3 aromatic rings. The third kappa shape index (κ3) is 3.28. The number of anilines is 2. The molecule has 1 N–H and O–H groups in total. The van der Waals surface area contributed by atoms with Crippen LogP contribution in [0.1, 0.15) is 11.6 Å². The van der Waals surface area contributed by atoms with Crippen LogP contribution in [0.3, 0.4) is 0 Å². The average Bonchev–Trinajstić information content (AvgIpc) is 3.00. The molecule has 1 aliphatic rings. The SMILES string of the molecule is O=C1C(Nc2ccccc2)=C[C@H](c2ccc(Br)cc2)N1c1ccccc1. The Morgan fingerprint density at radius 2 is 1.42 bits per heavy atom. The third-order valence-corrected chi connectivity index (χ3v) is 4.88. The molecule has 0 unspecified atom stereocenters. The molecule has 3 nitrogen and oxygen atoms in total. The summed E-state index contributed by atoms with van der Waals surface area (Å²) in [5, 5.41) is 3.26. The normalized spacial score (nSPS) is 16.5. The minimum Gasteiger partial charge on any atom is -0.351 e. The van der Waals surface area contributed by atoms with E-state index in [4.69, 9.17) is 0 Å². The highest BCUT2D eigenvalue weighted by Crippen LogP contribution is 2.36. The van der Waals surface area contributed by atoms with E-state index in [2.05, 4.69) is 21.2 Å². The number of hydrogen-bond acceptors (Lipinski definition) is 2. The molecule has 3 aromatic carbocycles. The first kappa shape index (κ1) is 16.6. The molecule has 0 radical (unpaired) electrons. The maximum absolute atomic E-state index is 13.1. The third-order valence-electron chi connectivity index (χ3n) is 4.35. The highest BCUT2D eigenvalue weighted by Gasteiger charge is 2.34. The van der Waals surface area contributed by atoms with Gasteiger partial charge in [-0.25, -0.2) is 0 Å². The summed E-state index contributed by atoms with van der Waals surface area (Å²) in [6.07, 6.45) is 1.99. The van der Waals surface area contributed by atoms with E-state index in [9.17, 15) is 4.79 Å². The van der Waals surface area contributed by atoms with Crippen molar-refractivity contribution in [2.24, 2.45) is 0 Å². The zero-order valence-electron chi connectivity index (χ0n) is 14.0. The van der Waals surface area contributed by atoms with Crippen molar-refractivity contribution in [3.05, 3.63) is 107 Å². The van der Waals surface area contributed by atoms with Crippen molar-refractivity contribution in [1.29, 1.82) is 0 Å². The van der Waals surface area contributed by atoms with E-state index in [0.717, 1.165) is 21.4 Å². The molecule has 0 spiro atoms. The quantitative estimate of drug-likeness (QED) is 0.619. The predicted molar refractivity (Wildman–Crippen MR) is 109 cm³/mol. The van der Waals surface area contributed by atoms with Gasteiger partial charge in [0.15, 0.2) is 0 Å². The molecule has 0 fully saturated rings. The number of amides is 1. The molecule has 4 heteroatoms. The van der Waals surface area contributed by atoms with Crippen molar-refractivity contribution in [3.8, 4) is 0 Å². The van der Waals surface area contributed by atoms with Gasteiger partial charge in [-0.2, -0.15) is 0 Å². The standard InChI is InChI=1S/C22H17BrN2O/c23-17-13-11-16(12-14-17)21-15-20(24-18-7-3-1-4-8-18)22(26)25(21)19-9-5-2-6-10-19/h1-15,21,24H/t21-/m1/s1. The first-order valence-corrected chi connectivity index (χ1v) is 9.19. The summed E-state index contributed by atoms with van der Waals surface area (Å²) in [6, 6.07) is 27.5. The molecule has 0 bridgehead atoms. The lowest BCUT2D eigenvalue weighted by atomic mass is 10.1. The Bertz CT molecular complexity index is 937. The molecule has 26 heavy (non-hydrogen) atoms. The van der Waals surface area contributed by atoms with Crippen molar-refractivity contribution in [3.63, 3.8) is 0 Å². The predicted octanol–water partition coefficient (Wildman–Crippen LogP) is 5.53. The molecule has 0 aliphatic carbocycles. The molecule has 1 aliphatic heterocycles. The summed E-state index contributed by atoms with van der Waals surface area (Å²) in [5.74, 6) is -0.0343. The van der Waals surface area contributed by atoms with Gasteiger partial charge in [0.25, 0.3) is 5.91 Å². The van der Waals surface area contributed by atoms with E-state index < -0.39 is 0 Å². The first-order chi connectivity index (χ1) is 12.7. The molecule has 128 valence electrons. The van der Waals surface area contributed by atoms with E-state index in [1.54, 1.807) is 0 Å². The molecular weight excluding hydrogens is 388 g/mol. The van der Waals surface area contributed by atoms with Crippen LogP contribution in [0.5, 0.6) is 0 Å². The van der Waals surface area contributed by atoms with Gasteiger partial charge in [-0.15, -0.1) is 0 Å². The summed E-state index contributed by atoms with van der Waals surface area (Å²) in [5.41, 5.74) is 3.44. The number of carbonyl (C=O) groups is 1. The van der Waals surface area contributed by atoms with Crippen molar-refractivity contribution in [2.45, 2.75) is 6.04 Å². The van der Waals surface area contributed by atoms with Crippen molar-refractivity contribution >= 4 is 33.2 Å². The molecule has 0 saturated heterocycles. The second-order valence-corrected chi connectivity index (χ2v) is 6.99. The van der Waals surface area contributed by atoms with Gasteiger partial charge in [0, 0.05) is 15.8 Å². The Morgan fingerprint density at radius 3 is 2.08 bits per heavy atom. The summed E-state index contributed by atoms with van der Waals surface area (Å²) in [7, 11) is 0. The second kappa shape index (κ2) is 7.18. The summed E-state index contributed by atoms with van der Waals surface area (Å²) in [4.78, 5) is 15.0. The molecule has 1 amide bonds. The smallest absolute Gasteiger partial charge is 0.275 e. The molecule has 1 atom stereocenters. The van der Waals surface area contributed by atoms with Crippen LogP contribution in [-0.2, 0) is 4.79 Å². The van der Waals surface area contributed by atoms with Crippen LogP contribution in [0.25, 0.3) is 0 Å². The number of benzene rings is 3. The Balaban J connectivity index is 1.73. The minimum absolute atomic E-state index is 0.0343. The number of carbonyl (C=O) groups excluding carboxylic acids is 1. The van der Waals surface area contributed by atoms with Crippen LogP contribution in [-0.4, -0.2) is 5.91 Å². The van der Waals surface area contributed by atoms with Crippen LogP contribution in [0, 0.1) is 0 Å². The van der Waals surface area contributed by atoms with Crippen LogP contribution < -0.4 is 10.2 Å². The molecule has 4 rings (SSSR count). The van der Waals surface area contributed by atoms with Crippen molar-refractivity contribution in [2.75, 3.05) is 10.2 Å². The Morgan fingerprint density at radius 1 is 0.808 bits per heavy atom. The van der Waals surface area contributed by atoms with Gasteiger partial charge in [-0.1, -0.05) is 64.5 Å². The van der Waals surface area contributed by atoms with Gasteiger partial charge in [-0.05, 0) is 48.0 Å². The number of nitrogens with one attached hydrogen (secondary N) is 1. The van der Waals surface area contributed by atoms with Crippen LogP contribution in [0.15, 0.2) is 101 Å². The van der Waals surface area contributed by atoms with Gasteiger partial charge in [0.05, 0.1) is 6.04 Å². The van der Waals surface area contributed by atoms with E-state index in [-0.39, 0.29) is 11.9 Å². The lowest BCUT2D eigenvalue weighted by Gasteiger charge is -2.25. The van der Waals surface area contributed by atoms with Gasteiger partial charge < -0.3 is 5.32 Å². The fourth-order valence-corrected chi connectivity index (χ4v) is 3.37. The number of halogens is 1. The van der Waals surface area contributed by atoms with E-state index in [0.29, 0.717) is 5.70 Å². The fraction of sp³-hybridized carbons (Fsp3) is 0.0455. The maximum Gasteiger partial charge on any atom is 0.275 e. The van der Waals surface area contributed by atoms with E-state index in [1.165, 1.54) is 0 Å². The number of rotatable bonds is 4. The maximum atomic E-state index is 13.1. The van der Waals surface area contributed by atoms with Gasteiger partial charge >= 0.3 is 0 Å². The van der Waals surface area contributed by atoms with E-state index in [1.807, 2.05) is 95.9 Å². The Labute approximate surface area is 161 Å². The molecular formula is C22H17BrN2O. The van der Waals surface area contributed by atoms with Crippen LogP contribution >= 0.6 is 15.9 Å². The lowest BCUT2D eigenvalue weighted by molar-refractivity contribution is -0.114. The number of hydrogen-bond donors (Lipinski definition) is 1. The summed E-state index contributed by atoms with van der Waals surface area (Å²) < 4.78 is 1.02. The fourth-order valence-electron chi connectivity index (χ4n) is 3.10. The van der Waals surface area contributed by atoms with Gasteiger partial charge in [-0.3, -0.25) is 9.69 Å². The zero-order chi connectivity index (χ0) is 17.9. The van der Waals surface area contributed by atoms with Gasteiger partial charge in [0.1, 0.15) is 5.70 Å². The molecule has 0 saturated carbocycles. The number of nitrogens with zero attached hydrogens (tertiary/aromatic N) is 1. The second-order valence-electron chi connectivity index (χ2n) is 6.08. The van der Waals surface area contributed by atoms with Crippen molar-refractivity contribution < 1.29 is 4.79 Å².